The minimum absolute atomic E-state index is 0.329. The number of aromatic nitrogens is 1. The molecular weight excluding hydrogens is 169 g/mol. The Morgan fingerprint density at radius 2 is 2.23 bits per heavy atom. The highest BCUT2D eigenvalue weighted by Crippen LogP contribution is 2.22. The Labute approximate surface area is 75.0 Å². The van der Waals surface area contributed by atoms with Crippen LogP contribution in [0.15, 0.2) is 24.4 Å². The first-order valence-corrected chi connectivity index (χ1v) is 4.13. The summed E-state index contributed by atoms with van der Waals surface area (Å²) in [6.45, 7) is 1.55. The van der Waals surface area contributed by atoms with Gasteiger partial charge in [0.2, 0.25) is 0 Å². The van der Waals surface area contributed by atoms with Crippen molar-refractivity contribution < 1.29 is 9.50 Å². The predicted molar refractivity (Wildman–Crippen MR) is 48.9 cm³/mol. The van der Waals surface area contributed by atoms with Crippen LogP contribution in [-0.4, -0.2) is 10.1 Å². The molecule has 2 rings (SSSR count). The quantitative estimate of drug-likeness (QED) is 0.692. The second-order valence-electron chi connectivity index (χ2n) is 3.11. The van der Waals surface area contributed by atoms with E-state index in [0.29, 0.717) is 5.56 Å². The van der Waals surface area contributed by atoms with Gasteiger partial charge in [0.05, 0.1) is 6.10 Å². The monoisotopic (exact) mass is 179 g/mol. The number of aliphatic hydroxyl groups excluding tert-OH is 1. The Balaban J connectivity index is 2.69. The van der Waals surface area contributed by atoms with Gasteiger partial charge in [0.15, 0.2) is 0 Å². The molecule has 3 heteroatoms. The van der Waals surface area contributed by atoms with Crippen LogP contribution in [0.25, 0.3) is 10.9 Å². The van der Waals surface area contributed by atoms with Crippen molar-refractivity contribution in [2.75, 3.05) is 0 Å². The fourth-order valence-corrected chi connectivity index (χ4v) is 1.41. The second kappa shape index (κ2) is 2.85. The molecule has 2 nitrogen and oxygen atoms in total. The van der Waals surface area contributed by atoms with Crippen molar-refractivity contribution in [3.05, 3.63) is 35.8 Å². The third kappa shape index (κ3) is 1.31. The maximum atomic E-state index is 13.3. The van der Waals surface area contributed by atoms with Gasteiger partial charge in [-0.1, -0.05) is 0 Å². The Kier molecular flexibility index (Phi) is 1.81. The smallest absolute Gasteiger partial charge is 0.129 e. The molecule has 0 aliphatic carbocycles. The summed E-state index contributed by atoms with van der Waals surface area (Å²) >= 11 is 0. The maximum absolute atomic E-state index is 13.3. The van der Waals surface area contributed by atoms with Crippen molar-refractivity contribution in [2.45, 2.75) is 13.0 Å². The van der Waals surface area contributed by atoms with Crippen LogP contribution in [0, 0.1) is 5.82 Å². The van der Waals surface area contributed by atoms with Gasteiger partial charge >= 0.3 is 0 Å². The molecule has 2 aromatic rings. The van der Waals surface area contributed by atoms with Crippen LogP contribution in [0.2, 0.25) is 0 Å². The topological polar surface area (TPSA) is 36.0 Å². The minimum Gasteiger partial charge on any atom is -0.389 e. The van der Waals surface area contributed by atoms with Gasteiger partial charge in [-0.2, -0.15) is 0 Å². The van der Waals surface area contributed by atoms with E-state index in [4.69, 9.17) is 0 Å². The molecule has 1 atom stereocenters. The molecule has 68 valence electrons. The Morgan fingerprint density at radius 3 is 2.92 bits per heavy atom. The van der Waals surface area contributed by atoms with Gasteiger partial charge in [-0.15, -0.1) is 0 Å². The summed E-state index contributed by atoms with van der Waals surface area (Å²) in [4.78, 5) is 2.96. The molecule has 0 saturated carbocycles. The number of nitrogens with one attached hydrogen (secondary N) is 1. The van der Waals surface area contributed by atoms with Crippen LogP contribution in [0.3, 0.4) is 0 Å². The van der Waals surface area contributed by atoms with Crippen LogP contribution in [0.5, 0.6) is 0 Å². The van der Waals surface area contributed by atoms with Gasteiger partial charge in [-0.05, 0) is 25.1 Å². The van der Waals surface area contributed by atoms with E-state index >= 15 is 0 Å². The zero-order valence-corrected chi connectivity index (χ0v) is 7.21. The standard InChI is InChI=1S/C10H10FNO/c1-6(13)8-5-10-7(2-3-12-10)4-9(8)11/h2-6,12-13H,1H3. The summed E-state index contributed by atoms with van der Waals surface area (Å²) in [5, 5.41) is 10.1. The first-order chi connectivity index (χ1) is 6.18. The van der Waals surface area contributed by atoms with E-state index in [0.717, 1.165) is 10.9 Å². The van der Waals surface area contributed by atoms with E-state index in [2.05, 4.69) is 4.98 Å². The zero-order chi connectivity index (χ0) is 9.42. The number of halogens is 1. The Morgan fingerprint density at radius 1 is 1.46 bits per heavy atom. The number of H-pyrrole nitrogens is 1. The highest BCUT2D eigenvalue weighted by Gasteiger charge is 2.09. The molecule has 0 fully saturated rings. The molecular formula is C10H10FNO. The molecule has 1 aromatic carbocycles. The molecule has 0 aliphatic heterocycles. The molecule has 0 aliphatic rings. The lowest BCUT2D eigenvalue weighted by molar-refractivity contribution is 0.194. The number of hydrogen-bond donors (Lipinski definition) is 2. The molecule has 0 radical (unpaired) electrons. The SMILES string of the molecule is CC(O)c1cc2[nH]ccc2cc1F. The Bertz CT molecular complexity index is 433. The van der Waals surface area contributed by atoms with E-state index in [9.17, 15) is 9.50 Å². The Hall–Kier alpha value is -1.35. The van der Waals surface area contributed by atoms with Crippen LogP contribution >= 0.6 is 0 Å². The fraction of sp³-hybridized carbons (Fsp3) is 0.200. The predicted octanol–water partition coefficient (Wildman–Crippen LogP) is 2.36. The lowest BCUT2D eigenvalue weighted by Crippen LogP contribution is -1.95. The summed E-state index contributed by atoms with van der Waals surface area (Å²) in [6.07, 6.45) is 0.975. The molecule has 0 saturated heterocycles. The van der Waals surface area contributed by atoms with Crippen LogP contribution < -0.4 is 0 Å². The largest absolute Gasteiger partial charge is 0.389 e. The van der Waals surface area contributed by atoms with Crippen molar-refractivity contribution in [3.8, 4) is 0 Å². The van der Waals surface area contributed by atoms with Crippen molar-refractivity contribution >= 4 is 10.9 Å². The van der Waals surface area contributed by atoms with Crippen molar-refractivity contribution in [1.82, 2.24) is 4.98 Å². The normalized spacial score (nSPS) is 13.5. The van der Waals surface area contributed by atoms with Crippen molar-refractivity contribution in [2.24, 2.45) is 0 Å². The van der Waals surface area contributed by atoms with E-state index in [1.54, 1.807) is 25.3 Å². The summed E-state index contributed by atoms with van der Waals surface area (Å²) in [5.41, 5.74) is 1.17. The van der Waals surface area contributed by atoms with Crippen LogP contribution in [0.1, 0.15) is 18.6 Å². The third-order valence-electron chi connectivity index (χ3n) is 2.12. The zero-order valence-electron chi connectivity index (χ0n) is 7.21. The molecule has 2 N–H and O–H groups in total. The lowest BCUT2D eigenvalue weighted by Gasteiger charge is -2.05. The number of aromatic amines is 1. The number of rotatable bonds is 1. The summed E-state index contributed by atoms with van der Waals surface area (Å²) in [7, 11) is 0. The summed E-state index contributed by atoms with van der Waals surface area (Å²) in [6, 6.07) is 4.85. The molecule has 1 aromatic heterocycles. The first-order valence-electron chi connectivity index (χ1n) is 4.13. The highest BCUT2D eigenvalue weighted by atomic mass is 19.1. The minimum atomic E-state index is -0.771. The van der Waals surface area contributed by atoms with E-state index < -0.39 is 6.10 Å². The molecule has 0 amide bonds. The number of hydrogen-bond acceptors (Lipinski definition) is 1. The van der Waals surface area contributed by atoms with Gasteiger partial charge in [-0.3, -0.25) is 0 Å². The molecule has 13 heavy (non-hydrogen) atoms. The maximum Gasteiger partial charge on any atom is 0.129 e. The van der Waals surface area contributed by atoms with Crippen molar-refractivity contribution in [1.29, 1.82) is 0 Å². The van der Waals surface area contributed by atoms with Gasteiger partial charge in [0, 0.05) is 22.7 Å². The lowest BCUT2D eigenvalue weighted by atomic mass is 10.1. The fourth-order valence-electron chi connectivity index (χ4n) is 1.41. The third-order valence-corrected chi connectivity index (χ3v) is 2.12. The molecule has 1 heterocycles. The average Bonchev–Trinajstić information content (AvgIpc) is 2.48. The summed E-state index contributed by atoms with van der Waals surface area (Å²) in [5.74, 6) is -0.359. The number of benzene rings is 1. The van der Waals surface area contributed by atoms with E-state index in [1.165, 1.54) is 6.07 Å². The number of aliphatic hydroxyl groups is 1. The van der Waals surface area contributed by atoms with Crippen LogP contribution in [-0.2, 0) is 0 Å². The summed E-state index contributed by atoms with van der Waals surface area (Å²) < 4.78 is 13.3. The van der Waals surface area contributed by atoms with Gasteiger partial charge < -0.3 is 10.1 Å². The average molecular weight is 179 g/mol. The van der Waals surface area contributed by atoms with Crippen LogP contribution in [0.4, 0.5) is 4.39 Å². The van der Waals surface area contributed by atoms with Gasteiger partial charge in [0.25, 0.3) is 0 Å². The van der Waals surface area contributed by atoms with E-state index in [1.807, 2.05) is 0 Å². The number of fused-ring (bicyclic) bond motifs is 1. The molecule has 0 spiro atoms. The van der Waals surface area contributed by atoms with Gasteiger partial charge in [0.1, 0.15) is 5.82 Å². The molecule has 1 unspecified atom stereocenters. The van der Waals surface area contributed by atoms with Crippen molar-refractivity contribution in [3.63, 3.8) is 0 Å². The second-order valence-corrected chi connectivity index (χ2v) is 3.11. The first kappa shape index (κ1) is 8.26. The van der Waals surface area contributed by atoms with Gasteiger partial charge in [-0.25, -0.2) is 4.39 Å². The van der Waals surface area contributed by atoms with E-state index in [-0.39, 0.29) is 5.82 Å². The molecule has 0 bridgehead atoms. The highest BCUT2D eigenvalue weighted by molar-refractivity contribution is 5.80.